The Hall–Kier alpha value is -7.04. The quantitative estimate of drug-likeness (QED) is 0.160. The van der Waals surface area contributed by atoms with Gasteiger partial charge in [-0.1, -0.05) is 149 Å². The number of hydrogen-bond acceptors (Lipinski definition) is 3. The molecule has 4 heteroatoms. The highest BCUT2D eigenvalue weighted by atomic mass is 16.5. The summed E-state index contributed by atoms with van der Waals surface area (Å²) >= 11 is 0. The van der Waals surface area contributed by atoms with Crippen molar-refractivity contribution in [1.82, 2.24) is 0 Å². The van der Waals surface area contributed by atoms with E-state index in [1.807, 2.05) is 12.1 Å². The van der Waals surface area contributed by atoms with Gasteiger partial charge in [0.2, 0.25) is 6.71 Å². The minimum atomic E-state index is 0.0747. The number of anilines is 3. The van der Waals surface area contributed by atoms with Crippen LogP contribution in [-0.4, -0.2) is 6.71 Å². The average Bonchev–Trinajstić information content (AvgIpc) is 3.61. The third-order valence-electron chi connectivity index (χ3n) is 11.7. The maximum atomic E-state index is 6.95. The summed E-state index contributed by atoms with van der Waals surface area (Å²) in [6.45, 7) is 4.52. The number of fused-ring (bicyclic) bond motifs is 6. The lowest BCUT2D eigenvalue weighted by molar-refractivity contribution is 0.487. The van der Waals surface area contributed by atoms with Gasteiger partial charge in [-0.3, -0.25) is 0 Å². The predicted molar refractivity (Wildman–Crippen MR) is 236 cm³/mol. The molecule has 0 radical (unpaired) electrons. The second-order valence-corrected chi connectivity index (χ2v) is 15.0. The Labute approximate surface area is 326 Å². The number of nitrogens with zero attached hydrogens (tertiary/aromatic N) is 1. The van der Waals surface area contributed by atoms with E-state index in [1.54, 1.807) is 0 Å². The molecule has 1 aliphatic rings. The lowest BCUT2D eigenvalue weighted by atomic mass is 9.35. The van der Waals surface area contributed by atoms with Crippen molar-refractivity contribution in [2.75, 3.05) is 4.90 Å². The maximum Gasteiger partial charge on any atom is 0.242 e. The number of hydrogen-bond donors (Lipinski definition) is 0. The molecular formula is C52H36BNO2. The molecule has 264 valence electrons. The summed E-state index contributed by atoms with van der Waals surface area (Å²) in [5.74, 6) is 1.71. The standard InChI is InChI=1S/C52H36BNO2/c1-33-12-3-8-18-45(33)53(46-19-9-4-13-34(46)2)47-28-27-42-41-26-24-39(32-51(41)56-50-21-11-17-43(47)52(42)50)54(37-23-22-35-14-5-6-15-36(35)30-37)38-25-29-49-44(31-38)40-16-7-10-20-48(40)55-49/h3-32H,1-2H3. The normalized spacial score (nSPS) is 11.9. The number of rotatable bonds is 6. The number of ether oxygens (including phenoxy) is 1. The van der Waals surface area contributed by atoms with Crippen LogP contribution in [0.3, 0.4) is 0 Å². The topological polar surface area (TPSA) is 25.6 Å². The second-order valence-electron chi connectivity index (χ2n) is 15.0. The van der Waals surface area contributed by atoms with Gasteiger partial charge in [0.15, 0.2) is 0 Å². The number of benzene rings is 9. The van der Waals surface area contributed by atoms with Crippen LogP contribution in [0.25, 0.3) is 54.6 Å². The van der Waals surface area contributed by atoms with Crippen LogP contribution in [0.4, 0.5) is 17.1 Å². The fourth-order valence-corrected chi connectivity index (χ4v) is 8.97. The zero-order valence-electron chi connectivity index (χ0n) is 31.2. The van der Waals surface area contributed by atoms with Crippen LogP contribution in [0.5, 0.6) is 11.5 Å². The molecule has 2 heterocycles. The van der Waals surface area contributed by atoms with Gasteiger partial charge in [-0.15, -0.1) is 0 Å². The predicted octanol–water partition coefficient (Wildman–Crippen LogP) is 12.3. The van der Waals surface area contributed by atoms with Crippen LogP contribution in [0, 0.1) is 13.8 Å². The molecule has 0 N–H and O–H groups in total. The van der Waals surface area contributed by atoms with Gasteiger partial charge in [0.1, 0.15) is 22.7 Å². The van der Waals surface area contributed by atoms with Gasteiger partial charge in [0, 0.05) is 44.9 Å². The molecule has 0 aliphatic carbocycles. The van der Waals surface area contributed by atoms with E-state index in [0.29, 0.717) is 0 Å². The van der Waals surface area contributed by atoms with Crippen LogP contribution in [0.2, 0.25) is 0 Å². The van der Waals surface area contributed by atoms with Crippen LogP contribution in [0.15, 0.2) is 186 Å². The highest BCUT2D eigenvalue weighted by Gasteiger charge is 2.30. The van der Waals surface area contributed by atoms with Crippen molar-refractivity contribution in [1.29, 1.82) is 0 Å². The minimum Gasteiger partial charge on any atom is -0.456 e. The zero-order chi connectivity index (χ0) is 37.3. The Morgan fingerprint density at radius 2 is 1.04 bits per heavy atom. The molecule has 0 saturated carbocycles. The number of furan rings is 1. The molecule has 0 saturated heterocycles. The first-order valence-electron chi connectivity index (χ1n) is 19.3. The zero-order valence-corrected chi connectivity index (χ0v) is 31.2. The maximum absolute atomic E-state index is 6.95. The highest BCUT2D eigenvalue weighted by Crippen LogP contribution is 2.49. The summed E-state index contributed by atoms with van der Waals surface area (Å²) < 4.78 is 13.2. The summed E-state index contributed by atoms with van der Waals surface area (Å²) in [6.07, 6.45) is 0. The molecule has 3 nitrogen and oxygen atoms in total. The average molecular weight is 718 g/mol. The van der Waals surface area contributed by atoms with E-state index < -0.39 is 0 Å². The fraction of sp³-hybridized carbons (Fsp3) is 0.0385. The third kappa shape index (κ3) is 5.14. The highest BCUT2D eigenvalue weighted by molar-refractivity contribution is 6.97. The Kier molecular flexibility index (Phi) is 7.40. The van der Waals surface area contributed by atoms with Crippen molar-refractivity contribution >= 4 is 83.6 Å². The summed E-state index contributed by atoms with van der Waals surface area (Å²) in [5, 5.41) is 6.95. The molecule has 0 bridgehead atoms. The first kappa shape index (κ1) is 32.4. The van der Waals surface area contributed by atoms with E-state index in [9.17, 15) is 0 Å². The van der Waals surface area contributed by atoms with Crippen molar-refractivity contribution in [3.8, 4) is 22.6 Å². The van der Waals surface area contributed by atoms with E-state index in [-0.39, 0.29) is 6.71 Å². The van der Waals surface area contributed by atoms with Crippen molar-refractivity contribution in [2.24, 2.45) is 0 Å². The third-order valence-corrected chi connectivity index (χ3v) is 11.7. The first-order valence-corrected chi connectivity index (χ1v) is 19.3. The lowest BCUT2D eigenvalue weighted by Crippen LogP contribution is -2.54. The minimum absolute atomic E-state index is 0.0747. The van der Waals surface area contributed by atoms with Gasteiger partial charge >= 0.3 is 0 Å². The molecule has 0 fully saturated rings. The van der Waals surface area contributed by atoms with Crippen molar-refractivity contribution in [3.05, 3.63) is 193 Å². The van der Waals surface area contributed by atoms with Crippen molar-refractivity contribution < 1.29 is 9.15 Å². The molecule has 56 heavy (non-hydrogen) atoms. The Balaban J connectivity index is 1.08. The van der Waals surface area contributed by atoms with E-state index in [1.165, 1.54) is 49.2 Å². The first-order chi connectivity index (χ1) is 27.6. The molecule has 0 amide bonds. The summed E-state index contributed by atoms with van der Waals surface area (Å²) in [7, 11) is 0. The molecule has 0 unspecified atom stereocenters. The largest absolute Gasteiger partial charge is 0.456 e. The van der Waals surface area contributed by atoms with Crippen LogP contribution in [-0.2, 0) is 0 Å². The Morgan fingerprint density at radius 1 is 0.411 bits per heavy atom. The van der Waals surface area contributed by atoms with E-state index in [0.717, 1.165) is 61.4 Å². The van der Waals surface area contributed by atoms with Gasteiger partial charge in [0.25, 0.3) is 0 Å². The molecule has 10 aromatic rings. The van der Waals surface area contributed by atoms with Crippen LogP contribution < -0.4 is 26.0 Å². The summed E-state index contributed by atoms with van der Waals surface area (Å²) in [5.41, 5.74) is 13.6. The van der Waals surface area contributed by atoms with Gasteiger partial charge < -0.3 is 14.1 Å². The SMILES string of the molecule is Cc1ccccc1B(c1ccccc1C)c1ccc2c3c(cccc13)Oc1cc(N(c3ccc4ccccc4c3)c3ccc4oc5ccccc5c4c3)ccc1-2. The van der Waals surface area contributed by atoms with Gasteiger partial charge in [-0.2, -0.15) is 0 Å². The van der Waals surface area contributed by atoms with E-state index >= 15 is 0 Å². The fourth-order valence-electron chi connectivity index (χ4n) is 8.97. The molecule has 1 aromatic heterocycles. The van der Waals surface area contributed by atoms with Gasteiger partial charge in [-0.25, -0.2) is 0 Å². The summed E-state index contributed by atoms with van der Waals surface area (Å²) in [4.78, 5) is 2.32. The van der Waals surface area contributed by atoms with Gasteiger partial charge in [-0.05, 0) is 90.2 Å². The van der Waals surface area contributed by atoms with Crippen LogP contribution >= 0.6 is 0 Å². The Morgan fingerprint density at radius 3 is 1.86 bits per heavy atom. The summed E-state index contributed by atoms with van der Waals surface area (Å²) in [6, 6.07) is 65.3. The van der Waals surface area contributed by atoms with Crippen molar-refractivity contribution in [3.63, 3.8) is 0 Å². The van der Waals surface area contributed by atoms with Crippen molar-refractivity contribution in [2.45, 2.75) is 13.8 Å². The van der Waals surface area contributed by atoms with E-state index in [4.69, 9.17) is 9.15 Å². The van der Waals surface area contributed by atoms with Crippen LogP contribution in [0.1, 0.15) is 11.1 Å². The monoisotopic (exact) mass is 717 g/mol. The van der Waals surface area contributed by atoms with Gasteiger partial charge in [0.05, 0.1) is 0 Å². The molecule has 9 aromatic carbocycles. The lowest BCUT2D eigenvalue weighted by Gasteiger charge is -2.29. The Bertz CT molecular complexity index is 3130. The number of para-hydroxylation sites is 1. The smallest absolute Gasteiger partial charge is 0.242 e. The van der Waals surface area contributed by atoms with E-state index in [2.05, 4.69) is 189 Å². The molecule has 0 atom stereocenters. The molecular weight excluding hydrogens is 681 g/mol. The molecule has 1 aliphatic heterocycles. The molecule has 11 rings (SSSR count). The number of aryl methyl sites for hydroxylation is 2. The second kappa shape index (κ2) is 12.8. The molecule has 0 spiro atoms.